The van der Waals surface area contributed by atoms with Crippen LogP contribution >= 0.6 is 58.8 Å². The molecule has 1 fully saturated rings. The highest BCUT2D eigenvalue weighted by Crippen LogP contribution is 2.28. The highest BCUT2D eigenvalue weighted by molar-refractivity contribution is 14.0. The summed E-state index contributed by atoms with van der Waals surface area (Å²) in [5, 5.41) is 9.90. The number of thioether (sulfide) groups is 2. The number of hydrogen-bond acceptors (Lipinski definition) is 5. The monoisotopic (exact) mass is 500 g/mol. The van der Waals surface area contributed by atoms with Gasteiger partial charge in [0.2, 0.25) is 0 Å². The number of thiazole rings is 1. The van der Waals surface area contributed by atoms with Gasteiger partial charge in [-0.2, -0.15) is 11.8 Å². The van der Waals surface area contributed by atoms with Crippen molar-refractivity contribution in [3.63, 3.8) is 0 Å². The maximum absolute atomic E-state index is 4.37. The fraction of sp³-hybridized carbons (Fsp3) is 0.750. The first-order valence-corrected chi connectivity index (χ1v) is 11.3. The second-order valence-corrected chi connectivity index (χ2v) is 9.40. The van der Waals surface area contributed by atoms with Gasteiger partial charge in [0.05, 0.1) is 0 Å². The van der Waals surface area contributed by atoms with Gasteiger partial charge in [-0.25, -0.2) is 4.98 Å². The molecule has 1 aliphatic rings. The van der Waals surface area contributed by atoms with Crippen LogP contribution in [0.15, 0.2) is 20.9 Å². The molecule has 1 aliphatic carbocycles. The van der Waals surface area contributed by atoms with Crippen LogP contribution in [0.25, 0.3) is 0 Å². The zero-order chi connectivity index (χ0) is 16.3. The summed E-state index contributed by atoms with van der Waals surface area (Å²) in [7, 11) is 1.86. The van der Waals surface area contributed by atoms with E-state index in [-0.39, 0.29) is 24.0 Å². The van der Waals surface area contributed by atoms with Crippen LogP contribution in [0.2, 0.25) is 0 Å². The molecule has 24 heavy (non-hydrogen) atoms. The zero-order valence-electron chi connectivity index (χ0n) is 14.5. The summed E-state index contributed by atoms with van der Waals surface area (Å²) in [4.78, 5) is 8.66. The number of aromatic nitrogens is 1. The summed E-state index contributed by atoms with van der Waals surface area (Å²) >= 11 is 5.65. The molecule has 2 unspecified atom stereocenters. The molecule has 1 aromatic rings. The number of guanidine groups is 1. The molecule has 0 aliphatic heterocycles. The van der Waals surface area contributed by atoms with Gasteiger partial charge >= 0.3 is 0 Å². The third-order valence-corrected chi connectivity index (χ3v) is 7.13. The standard InChI is InChI=1S/C16H28N4S3.HI/c1-3-21-14-7-4-6-13(12-14)20-15(17-2)18-8-5-10-22-16-19-9-11-23-16;/h9,11,13-14H,3-8,10,12H2,1-2H3,(H2,17,18,20);1H. The van der Waals surface area contributed by atoms with Gasteiger partial charge in [-0.15, -0.1) is 35.3 Å². The molecule has 0 bridgehead atoms. The predicted molar refractivity (Wildman–Crippen MR) is 122 cm³/mol. The molecule has 0 radical (unpaired) electrons. The minimum absolute atomic E-state index is 0. The molecule has 0 spiro atoms. The van der Waals surface area contributed by atoms with Crippen molar-refractivity contribution >= 4 is 64.8 Å². The SMILES string of the molecule is CCSC1CCCC(NC(=NC)NCCCSc2nccs2)C1.I. The molecule has 0 aromatic carbocycles. The van der Waals surface area contributed by atoms with E-state index >= 15 is 0 Å². The summed E-state index contributed by atoms with van der Waals surface area (Å²) in [5.74, 6) is 3.27. The Hall–Kier alpha value is 0.330. The number of rotatable bonds is 8. The molecule has 4 nitrogen and oxygen atoms in total. The van der Waals surface area contributed by atoms with Crippen LogP contribution in [0.4, 0.5) is 0 Å². The van der Waals surface area contributed by atoms with Gasteiger partial charge in [-0.05, 0) is 31.4 Å². The maximum Gasteiger partial charge on any atom is 0.191 e. The predicted octanol–water partition coefficient (Wildman–Crippen LogP) is 4.47. The van der Waals surface area contributed by atoms with Gasteiger partial charge in [0.1, 0.15) is 4.34 Å². The Bertz CT molecular complexity index is 454. The molecular formula is C16H29IN4S3. The first-order chi connectivity index (χ1) is 11.3. The van der Waals surface area contributed by atoms with Crippen LogP contribution < -0.4 is 10.6 Å². The van der Waals surface area contributed by atoms with Crippen molar-refractivity contribution in [2.45, 2.75) is 54.7 Å². The molecule has 1 saturated carbocycles. The highest BCUT2D eigenvalue weighted by atomic mass is 127. The number of halogens is 1. The van der Waals surface area contributed by atoms with E-state index in [0.29, 0.717) is 6.04 Å². The van der Waals surface area contributed by atoms with E-state index in [0.717, 1.165) is 34.3 Å². The van der Waals surface area contributed by atoms with Crippen LogP contribution in [-0.2, 0) is 0 Å². The largest absolute Gasteiger partial charge is 0.356 e. The molecular weight excluding hydrogens is 471 g/mol. The Morgan fingerprint density at radius 1 is 1.46 bits per heavy atom. The zero-order valence-corrected chi connectivity index (χ0v) is 19.3. The second kappa shape index (κ2) is 13.5. The average molecular weight is 501 g/mol. The summed E-state index contributed by atoms with van der Waals surface area (Å²) < 4.78 is 1.16. The Balaban J connectivity index is 0.00000288. The van der Waals surface area contributed by atoms with Gasteiger partial charge in [0, 0.05) is 42.2 Å². The van der Waals surface area contributed by atoms with Crippen LogP contribution in [-0.4, -0.2) is 47.3 Å². The van der Waals surface area contributed by atoms with Crippen LogP contribution in [0.3, 0.4) is 0 Å². The topological polar surface area (TPSA) is 49.3 Å². The van der Waals surface area contributed by atoms with E-state index in [1.54, 1.807) is 11.3 Å². The molecule has 0 saturated heterocycles. The smallest absolute Gasteiger partial charge is 0.191 e. The minimum Gasteiger partial charge on any atom is -0.356 e. The summed E-state index contributed by atoms with van der Waals surface area (Å²) in [6, 6.07) is 0.573. The number of hydrogen-bond donors (Lipinski definition) is 2. The van der Waals surface area contributed by atoms with E-state index in [4.69, 9.17) is 0 Å². The summed E-state index contributed by atoms with van der Waals surface area (Å²) in [6.45, 7) is 3.21. The van der Waals surface area contributed by atoms with Crippen molar-refractivity contribution in [1.82, 2.24) is 15.6 Å². The van der Waals surface area contributed by atoms with E-state index in [9.17, 15) is 0 Å². The molecule has 2 atom stereocenters. The first-order valence-electron chi connectivity index (χ1n) is 8.43. The Morgan fingerprint density at radius 2 is 2.33 bits per heavy atom. The lowest BCUT2D eigenvalue weighted by Gasteiger charge is -2.30. The van der Waals surface area contributed by atoms with E-state index in [1.165, 1.54) is 31.4 Å². The van der Waals surface area contributed by atoms with Gasteiger partial charge in [0.25, 0.3) is 0 Å². The average Bonchev–Trinajstić information content (AvgIpc) is 3.07. The van der Waals surface area contributed by atoms with Crippen LogP contribution in [0, 0.1) is 0 Å². The number of aliphatic imine (C=N–C) groups is 1. The lowest BCUT2D eigenvalue weighted by atomic mass is 9.95. The summed E-state index contributed by atoms with van der Waals surface area (Å²) in [5.41, 5.74) is 0. The van der Waals surface area contributed by atoms with E-state index < -0.39 is 0 Å². The third-order valence-electron chi connectivity index (χ3n) is 3.84. The van der Waals surface area contributed by atoms with Gasteiger partial charge in [0.15, 0.2) is 5.96 Å². The van der Waals surface area contributed by atoms with Crippen molar-refractivity contribution in [2.24, 2.45) is 4.99 Å². The fourth-order valence-corrected chi connectivity index (χ4v) is 5.59. The quantitative estimate of drug-likeness (QED) is 0.181. The first kappa shape index (κ1) is 22.4. The van der Waals surface area contributed by atoms with Gasteiger partial charge < -0.3 is 10.6 Å². The van der Waals surface area contributed by atoms with Crippen LogP contribution in [0.5, 0.6) is 0 Å². The van der Waals surface area contributed by atoms with Gasteiger partial charge in [-0.1, -0.05) is 25.1 Å². The summed E-state index contributed by atoms with van der Waals surface area (Å²) in [6.07, 6.45) is 8.21. The van der Waals surface area contributed by atoms with Crippen molar-refractivity contribution < 1.29 is 0 Å². The Kier molecular flexibility index (Phi) is 12.6. The molecule has 138 valence electrons. The highest BCUT2D eigenvalue weighted by Gasteiger charge is 2.22. The molecule has 1 heterocycles. The van der Waals surface area contributed by atoms with Crippen molar-refractivity contribution in [3.8, 4) is 0 Å². The lowest BCUT2D eigenvalue weighted by Crippen LogP contribution is -2.46. The van der Waals surface area contributed by atoms with Crippen LogP contribution in [0.1, 0.15) is 39.0 Å². The Morgan fingerprint density at radius 3 is 3.04 bits per heavy atom. The Labute approximate surface area is 175 Å². The molecule has 1 aromatic heterocycles. The van der Waals surface area contributed by atoms with E-state index in [1.807, 2.05) is 30.4 Å². The molecule has 0 amide bonds. The lowest BCUT2D eigenvalue weighted by molar-refractivity contribution is 0.419. The molecule has 2 N–H and O–H groups in total. The number of nitrogens with zero attached hydrogens (tertiary/aromatic N) is 2. The fourth-order valence-electron chi connectivity index (χ4n) is 2.77. The normalized spacial score (nSPS) is 21.2. The van der Waals surface area contributed by atoms with E-state index in [2.05, 4.69) is 39.3 Å². The second-order valence-electron chi connectivity index (χ2n) is 5.58. The van der Waals surface area contributed by atoms with Crippen molar-refractivity contribution in [1.29, 1.82) is 0 Å². The molecule has 8 heteroatoms. The minimum atomic E-state index is 0. The number of nitrogens with one attached hydrogen (secondary N) is 2. The third kappa shape index (κ3) is 8.62. The van der Waals surface area contributed by atoms with Gasteiger partial charge in [-0.3, -0.25) is 4.99 Å². The van der Waals surface area contributed by atoms with Crippen molar-refractivity contribution in [2.75, 3.05) is 25.1 Å². The van der Waals surface area contributed by atoms with Crippen molar-refractivity contribution in [3.05, 3.63) is 11.6 Å². The molecule has 2 rings (SSSR count). The maximum atomic E-state index is 4.37.